The fourth-order valence-electron chi connectivity index (χ4n) is 3.96. The van der Waals surface area contributed by atoms with Crippen molar-refractivity contribution >= 4 is 11.5 Å². The minimum atomic E-state index is -0.189. The molecule has 1 aromatic rings. The Morgan fingerprint density at radius 3 is 3.05 bits per heavy atom. The van der Waals surface area contributed by atoms with E-state index in [0.29, 0.717) is 6.04 Å². The monoisotopic (exact) mass is 295 g/mol. The molecule has 3 nitrogen and oxygen atoms in total. The number of carbonyl (C=O) groups is 1. The molecule has 0 bridgehead atoms. The van der Waals surface area contributed by atoms with Crippen molar-refractivity contribution in [3.8, 4) is 0 Å². The number of ether oxygens (including phenoxy) is 1. The standard InChI is InChI=1S/C19H21NO2/c1-13-5-4-6-14(11-13)15-8-10-20-9-3-2-7-17(20)19-16(15)12-18(21)22-19/h4-6,8,11-12,17,19H,2-3,7,9-10H2,1H3. The molecule has 0 radical (unpaired) electrons. The zero-order valence-electron chi connectivity index (χ0n) is 12.9. The molecule has 114 valence electrons. The van der Waals surface area contributed by atoms with Crippen LogP contribution in [0.15, 0.2) is 42.0 Å². The summed E-state index contributed by atoms with van der Waals surface area (Å²) >= 11 is 0. The fraction of sp³-hybridized carbons (Fsp3) is 0.421. The maximum atomic E-state index is 11.9. The lowest BCUT2D eigenvalue weighted by Gasteiger charge is -2.37. The highest BCUT2D eigenvalue weighted by atomic mass is 16.5. The second-order valence-electron chi connectivity index (χ2n) is 6.50. The molecule has 4 rings (SSSR count). The van der Waals surface area contributed by atoms with Crippen molar-refractivity contribution in [3.05, 3.63) is 53.1 Å². The molecule has 0 saturated carbocycles. The van der Waals surface area contributed by atoms with E-state index in [4.69, 9.17) is 4.74 Å². The van der Waals surface area contributed by atoms with Gasteiger partial charge >= 0.3 is 5.97 Å². The van der Waals surface area contributed by atoms with Gasteiger partial charge in [-0.1, -0.05) is 42.3 Å². The van der Waals surface area contributed by atoms with Crippen molar-refractivity contribution in [2.75, 3.05) is 13.1 Å². The van der Waals surface area contributed by atoms with Gasteiger partial charge in [-0.25, -0.2) is 4.79 Å². The second-order valence-corrected chi connectivity index (χ2v) is 6.50. The van der Waals surface area contributed by atoms with Gasteiger partial charge in [0.25, 0.3) is 0 Å². The Morgan fingerprint density at radius 2 is 2.18 bits per heavy atom. The van der Waals surface area contributed by atoms with Crippen LogP contribution in [-0.2, 0) is 9.53 Å². The molecule has 2 unspecified atom stereocenters. The van der Waals surface area contributed by atoms with E-state index in [0.717, 1.165) is 25.1 Å². The number of benzene rings is 1. The predicted octanol–water partition coefficient (Wildman–Crippen LogP) is 3.10. The number of esters is 1. The normalized spacial score (nSPS) is 28.1. The number of piperidine rings is 1. The van der Waals surface area contributed by atoms with Crippen molar-refractivity contribution in [2.24, 2.45) is 0 Å². The van der Waals surface area contributed by atoms with E-state index in [2.05, 4.69) is 42.2 Å². The lowest BCUT2D eigenvalue weighted by Crippen LogP contribution is -2.46. The largest absolute Gasteiger partial charge is 0.453 e. The van der Waals surface area contributed by atoms with E-state index in [-0.39, 0.29) is 12.1 Å². The number of fused-ring (bicyclic) bond motifs is 3. The van der Waals surface area contributed by atoms with E-state index in [1.54, 1.807) is 6.08 Å². The molecule has 1 fully saturated rings. The van der Waals surface area contributed by atoms with Crippen LogP contribution in [0.4, 0.5) is 0 Å². The first-order valence-corrected chi connectivity index (χ1v) is 8.16. The Kier molecular flexibility index (Phi) is 3.38. The number of carbonyl (C=O) groups excluding carboxylic acids is 1. The molecule has 3 heteroatoms. The van der Waals surface area contributed by atoms with Gasteiger partial charge in [0.2, 0.25) is 0 Å². The van der Waals surface area contributed by atoms with Gasteiger partial charge in [-0.3, -0.25) is 4.90 Å². The molecule has 3 aliphatic heterocycles. The van der Waals surface area contributed by atoms with E-state index < -0.39 is 0 Å². The van der Waals surface area contributed by atoms with Gasteiger partial charge in [-0.2, -0.15) is 0 Å². The third kappa shape index (κ3) is 2.30. The van der Waals surface area contributed by atoms with Gasteiger partial charge in [-0.15, -0.1) is 0 Å². The highest BCUT2D eigenvalue weighted by Gasteiger charge is 2.40. The molecule has 0 N–H and O–H groups in total. The number of hydrogen-bond donors (Lipinski definition) is 0. The zero-order valence-corrected chi connectivity index (χ0v) is 12.9. The van der Waals surface area contributed by atoms with E-state index in [1.807, 2.05) is 0 Å². The first-order valence-electron chi connectivity index (χ1n) is 8.16. The van der Waals surface area contributed by atoms with Crippen LogP contribution in [0.1, 0.15) is 30.4 Å². The van der Waals surface area contributed by atoms with Crippen LogP contribution in [0.25, 0.3) is 5.57 Å². The molecule has 1 saturated heterocycles. The fourth-order valence-corrected chi connectivity index (χ4v) is 3.96. The summed E-state index contributed by atoms with van der Waals surface area (Å²) in [6.07, 6.45) is 7.47. The van der Waals surface area contributed by atoms with Crippen molar-refractivity contribution in [2.45, 2.75) is 38.3 Å². The first kappa shape index (κ1) is 13.8. The van der Waals surface area contributed by atoms with E-state index in [1.165, 1.54) is 29.5 Å². The van der Waals surface area contributed by atoms with Gasteiger partial charge in [0.15, 0.2) is 0 Å². The molecule has 22 heavy (non-hydrogen) atoms. The van der Waals surface area contributed by atoms with Gasteiger partial charge in [0.05, 0.1) is 6.04 Å². The smallest absolute Gasteiger partial charge is 0.331 e. The summed E-state index contributed by atoms with van der Waals surface area (Å²) in [6.45, 7) is 4.15. The molecule has 3 heterocycles. The highest BCUT2D eigenvalue weighted by molar-refractivity contribution is 5.95. The van der Waals surface area contributed by atoms with Gasteiger partial charge in [0.1, 0.15) is 6.10 Å². The number of aryl methyl sites for hydroxylation is 1. The second kappa shape index (κ2) is 5.40. The Hall–Kier alpha value is -1.87. The van der Waals surface area contributed by atoms with Gasteiger partial charge in [0, 0.05) is 18.2 Å². The Labute approximate surface area is 131 Å². The van der Waals surface area contributed by atoms with Crippen molar-refractivity contribution < 1.29 is 9.53 Å². The van der Waals surface area contributed by atoms with Gasteiger partial charge < -0.3 is 4.74 Å². The van der Waals surface area contributed by atoms with Gasteiger partial charge in [-0.05, 0) is 37.4 Å². The minimum absolute atomic E-state index is 0.0953. The van der Waals surface area contributed by atoms with Crippen LogP contribution in [0.5, 0.6) is 0 Å². The quantitative estimate of drug-likeness (QED) is 0.746. The molecular formula is C19H21NO2. The predicted molar refractivity (Wildman–Crippen MR) is 86.3 cm³/mol. The zero-order chi connectivity index (χ0) is 15.1. The van der Waals surface area contributed by atoms with Crippen LogP contribution in [0.3, 0.4) is 0 Å². The topological polar surface area (TPSA) is 29.5 Å². The first-order chi connectivity index (χ1) is 10.7. The third-order valence-corrected chi connectivity index (χ3v) is 5.01. The maximum Gasteiger partial charge on any atom is 0.331 e. The summed E-state index contributed by atoms with van der Waals surface area (Å²) in [5, 5.41) is 0. The van der Waals surface area contributed by atoms with Crippen LogP contribution in [-0.4, -0.2) is 36.1 Å². The molecule has 0 aromatic heterocycles. The van der Waals surface area contributed by atoms with Crippen LogP contribution in [0.2, 0.25) is 0 Å². The summed E-state index contributed by atoms with van der Waals surface area (Å²) in [5.74, 6) is -0.189. The average molecular weight is 295 g/mol. The average Bonchev–Trinajstić information content (AvgIpc) is 2.83. The minimum Gasteiger partial charge on any atom is -0.453 e. The van der Waals surface area contributed by atoms with Crippen LogP contribution >= 0.6 is 0 Å². The molecule has 3 aliphatic rings. The van der Waals surface area contributed by atoms with Crippen LogP contribution in [0, 0.1) is 6.92 Å². The summed E-state index contributed by atoms with van der Waals surface area (Å²) in [7, 11) is 0. The lowest BCUT2D eigenvalue weighted by molar-refractivity contribution is -0.141. The van der Waals surface area contributed by atoms with Crippen molar-refractivity contribution in [1.82, 2.24) is 4.90 Å². The molecule has 1 aromatic carbocycles. The SMILES string of the molecule is Cc1cccc(C2=CCN3CCCCC3C3OC(=O)C=C23)c1. The lowest BCUT2D eigenvalue weighted by atomic mass is 9.89. The van der Waals surface area contributed by atoms with Crippen molar-refractivity contribution in [3.63, 3.8) is 0 Å². The number of hydrogen-bond acceptors (Lipinski definition) is 3. The molecular weight excluding hydrogens is 274 g/mol. The third-order valence-electron chi connectivity index (χ3n) is 5.01. The molecule has 2 atom stereocenters. The van der Waals surface area contributed by atoms with Crippen molar-refractivity contribution in [1.29, 1.82) is 0 Å². The number of rotatable bonds is 1. The summed E-state index contributed by atoms with van der Waals surface area (Å²) in [5.41, 5.74) is 4.68. The van der Waals surface area contributed by atoms with E-state index in [9.17, 15) is 4.79 Å². The summed E-state index contributed by atoms with van der Waals surface area (Å²) in [6, 6.07) is 8.84. The summed E-state index contributed by atoms with van der Waals surface area (Å²) in [4.78, 5) is 14.4. The number of nitrogens with zero attached hydrogens (tertiary/aromatic N) is 1. The molecule has 0 spiro atoms. The molecule has 0 aliphatic carbocycles. The highest BCUT2D eigenvalue weighted by Crippen LogP contribution is 2.38. The Balaban J connectivity index is 1.78. The Bertz CT molecular complexity index is 674. The molecule has 0 amide bonds. The maximum absolute atomic E-state index is 11.9. The Morgan fingerprint density at radius 1 is 1.27 bits per heavy atom. The summed E-state index contributed by atoms with van der Waals surface area (Å²) < 4.78 is 5.68. The van der Waals surface area contributed by atoms with Crippen LogP contribution < -0.4 is 0 Å². The van der Waals surface area contributed by atoms with E-state index >= 15 is 0 Å².